The summed E-state index contributed by atoms with van der Waals surface area (Å²) in [7, 11) is 0. The molecular weight excluding hydrogens is 260 g/mol. The van der Waals surface area contributed by atoms with E-state index in [1.807, 2.05) is 30.5 Å². The van der Waals surface area contributed by atoms with E-state index in [0.717, 1.165) is 29.3 Å². The molecule has 3 nitrogen and oxygen atoms in total. The first-order valence-electron chi connectivity index (χ1n) is 8.00. The number of aromatic nitrogens is 1. The monoisotopic (exact) mass is 284 g/mol. The minimum atomic E-state index is 0.0535. The van der Waals surface area contributed by atoms with Crippen LogP contribution in [0.3, 0.4) is 0 Å². The van der Waals surface area contributed by atoms with Gasteiger partial charge in [0.1, 0.15) is 0 Å². The number of H-pyrrole nitrogens is 1. The van der Waals surface area contributed by atoms with Crippen molar-refractivity contribution in [2.45, 2.75) is 45.6 Å². The highest BCUT2D eigenvalue weighted by Crippen LogP contribution is 2.27. The van der Waals surface area contributed by atoms with Gasteiger partial charge in [-0.1, -0.05) is 32.8 Å². The van der Waals surface area contributed by atoms with Gasteiger partial charge in [0, 0.05) is 23.3 Å². The summed E-state index contributed by atoms with van der Waals surface area (Å²) in [5.41, 5.74) is 1.76. The molecular formula is C18H24N2O. The smallest absolute Gasteiger partial charge is 0.251 e. The van der Waals surface area contributed by atoms with Crippen molar-refractivity contribution in [2.75, 3.05) is 0 Å². The lowest BCUT2D eigenvalue weighted by molar-refractivity contribution is 0.0929. The molecule has 1 saturated carbocycles. The predicted molar refractivity (Wildman–Crippen MR) is 86.3 cm³/mol. The maximum absolute atomic E-state index is 12.5. The minimum absolute atomic E-state index is 0.0535. The Morgan fingerprint density at radius 3 is 2.57 bits per heavy atom. The van der Waals surface area contributed by atoms with Crippen LogP contribution in [0.25, 0.3) is 10.9 Å². The Morgan fingerprint density at radius 2 is 1.86 bits per heavy atom. The average molecular weight is 284 g/mol. The van der Waals surface area contributed by atoms with Crippen LogP contribution in [-0.2, 0) is 0 Å². The van der Waals surface area contributed by atoms with Crippen LogP contribution >= 0.6 is 0 Å². The van der Waals surface area contributed by atoms with Crippen molar-refractivity contribution in [3.63, 3.8) is 0 Å². The van der Waals surface area contributed by atoms with Crippen molar-refractivity contribution < 1.29 is 4.79 Å². The van der Waals surface area contributed by atoms with E-state index in [4.69, 9.17) is 0 Å². The van der Waals surface area contributed by atoms with Gasteiger partial charge in [0.05, 0.1) is 0 Å². The Bertz CT molecular complexity index is 619. The number of carbonyl (C=O) groups excluding carboxylic acids is 1. The molecule has 0 spiro atoms. The quantitative estimate of drug-likeness (QED) is 0.801. The first-order chi connectivity index (χ1) is 10.1. The van der Waals surface area contributed by atoms with E-state index in [-0.39, 0.29) is 5.91 Å². The number of nitrogens with one attached hydrogen (secondary N) is 2. The van der Waals surface area contributed by atoms with E-state index < -0.39 is 0 Å². The molecule has 2 aromatic rings. The number of aromatic amines is 1. The molecule has 0 bridgehead atoms. The van der Waals surface area contributed by atoms with Gasteiger partial charge in [-0.3, -0.25) is 4.79 Å². The highest BCUT2D eigenvalue weighted by Gasteiger charge is 2.23. The van der Waals surface area contributed by atoms with Gasteiger partial charge >= 0.3 is 0 Å². The normalized spacial score (nSPS) is 26.5. The van der Waals surface area contributed by atoms with Crippen LogP contribution in [-0.4, -0.2) is 16.9 Å². The summed E-state index contributed by atoms with van der Waals surface area (Å²) in [6.45, 7) is 4.59. The summed E-state index contributed by atoms with van der Waals surface area (Å²) in [4.78, 5) is 15.6. The van der Waals surface area contributed by atoms with E-state index in [0.29, 0.717) is 17.9 Å². The van der Waals surface area contributed by atoms with Crippen LogP contribution in [0, 0.1) is 11.8 Å². The molecule has 112 valence electrons. The Morgan fingerprint density at radius 1 is 1.14 bits per heavy atom. The largest absolute Gasteiger partial charge is 0.361 e. The second-order valence-corrected chi connectivity index (χ2v) is 6.71. The molecule has 1 unspecified atom stereocenters. The van der Waals surface area contributed by atoms with Gasteiger partial charge < -0.3 is 10.3 Å². The Hall–Kier alpha value is -1.77. The molecule has 2 N–H and O–H groups in total. The zero-order valence-corrected chi connectivity index (χ0v) is 12.9. The van der Waals surface area contributed by atoms with Crippen LogP contribution < -0.4 is 5.32 Å². The van der Waals surface area contributed by atoms with Crippen molar-refractivity contribution >= 4 is 16.8 Å². The number of benzene rings is 1. The van der Waals surface area contributed by atoms with E-state index in [1.165, 1.54) is 12.8 Å². The van der Waals surface area contributed by atoms with E-state index >= 15 is 0 Å². The number of carbonyl (C=O) groups is 1. The molecule has 3 heteroatoms. The molecule has 1 heterocycles. The zero-order valence-electron chi connectivity index (χ0n) is 12.9. The summed E-state index contributed by atoms with van der Waals surface area (Å²) in [5, 5.41) is 4.38. The fourth-order valence-electron chi connectivity index (χ4n) is 3.45. The molecule has 3 atom stereocenters. The van der Waals surface area contributed by atoms with Crippen molar-refractivity contribution in [3.05, 3.63) is 36.0 Å². The molecule has 1 aromatic heterocycles. The standard InChI is InChI=1S/C18H24N2O/c1-12-3-4-13(2)10-16(9-12)20-18(21)15-6-5-14-7-8-19-17(14)11-15/h5-8,11-13,16,19H,3-4,9-10H2,1-2H3,(H,20,21)/t12-,13+,16?. The van der Waals surface area contributed by atoms with Crippen LogP contribution in [0.4, 0.5) is 0 Å². The highest BCUT2D eigenvalue weighted by atomic mass is 16.1. The maximum Gasteiger partial charge on any atom is 0.251 e. The Balaban J connectivity index is 1.72. The SMILES string of the molecule is C[C@@H]1CC[C@H](C)CC(NC(=O)c2ccc3cc[nH]c3c2)C1. The summed E-state index contributed by atoms with van der Waals surface area (Å²) in [6, 6.07) is 8.18. The molecule has 1 aliphatic carbocycles. The molecule has 1 aliphatic rings. The van der Waals surface area contributed by atoms with Crippen molar-refractivity contribution in [2.24, 2.45) is 11.8 Å². The first kappa shape index (κ1) is 14.2. The van der Waals surface area contributed by atoms with Crippen LogP contribution in [0.5, 0.6) is 0 Å². The fraction of sp³-hybridized carbons (Fsp3) is 0.500. The molecule has 0 aliphatic heterocycles. The highest BCUT2D eigenvalue weighted by molar-refractivity contribution is 5.98. The lowest BCUT2D eigenvalue weighted by atomic mass is 9.99. The molecule has 1 fully saturated rings. The van der Waals surface area contributed by atoms with Crippen LogP contribution in [0.15, 0.2) is 30.5 Å². The second kappa shape index (κ2) is 5.92. The molecule has 21 heavy (non-hydrogen) atoms. The van der Waals surface area contributed by atoms with E-state index in [2.05, 4.69) is 24.1 Å². The van der Waals surface area contributed by atoms with Crippen molar-refractivity contribution in [1.82, 2.24) is 10.3 Å². The summed E-state index contributed by atoms with van der Waals surface area (Å²) < 4.78 is 0. The molecule has 1 amide bonds. The second-order valence-electron chi connectivity index (χ2n) is 6.71. The summed E-state index contributed by atoms with van der Waals surface area (Å²) in [6.07, 6.45) is 6.66. The Labute approximate surface area is 126 Å². The fourth-order valence-corrected chi connectivity index (χ4v) is 3.45. The maximum atomic E-state index is 12.5. The van der Waals surface area contributed by atoms with Crippen molar-refractivity contribution in [3.8, 4) is 0 Å². The van der Waals surface area contributed by atoms with E-state index in [1.54, 1.807) is 0 Å². The number of amides is 1. The van der Waals surface area contributed by atoms with Gasteiger partial charge in [-0.05, 0) is 48.3 Å². The van der Waals surface area contributed by atoms with Gasteiger partial charge in [-0.2, -0.15) is 0 Å². The molecule has 1 aromatic carbocycles. The molecule has 3 rings (SSSR count). The predicted octanol–water partition coefficient (Wildman–Crippen LogP) is 4.11. The molecule has 0 saturated heterocycles. The zero-order chi connectivity index (χ0) is 14.8. The summed E-state index contributed by atoms with van der Waals surface area (Å²) in [5.74, 6) is 1.45. The van der Waals surface area contributed by atoms with Gasteiger partial charge in [0.25, 0.3) is 5.91 Å². The van der Waals surface area contributed by atoms with E-state index in [9.17, 15) is 4.79 Å². The topological polar surface area (TPSA) is 44.9 Å². The number of rotatable bonds is 2. The minimum Gasteiger partial charge on any atom is -0.361 e. The average Bonchev–Trinajstić information content (AvgIpc) is 2.85. The third kappa shape index (κ3) is 3.29. The van der Waals surface area contributed by atoms with Crippen LogP contribution in [0.2, 0.25) is 0 Å². The number of hydrogen-bond acceptors (Lipinski definition) is 1. The lowest BCUT2D eigenvalue weighted by Gasteiger charge is -2.20. The first-order valence-corrected chi connectivity index (χ1v) is 8.00. The van der Waals surface area contributed by atoms with Gasteiger partial charge in [-0.15, -0.1) is 0 Å². The van der Waals surface area contributed by atoms with Gasteiger partial charge in [0.2, 0.25) is 0 Å². The summed E-state index contributed by atoms with van der Waals surface area (Å²) >= 11 is 0. The van der Waals surface area contributed by atoms with Crippen molar-refractivity contribution in [1.29, 1.82) is 0 Å². The number of hydrogen-bond donors (Lipinski definition) is 2. The van der Waals surface area contributed by atoms with Gasteiger partial charge in [0.15, 0.2) is 0 Å². The molecule has 0 radical (unpaired) electrons. The third-order valence-corrected chi connectivity index (χ3v) is 4.68. The van der Waals surface area contributed by atoms with Crippen LogP contribution in [0.1, 0.15) is 49.9 Å². The third-order valence-electron chi connectivity index (χ3n) is 4.68. The van der Waals surface area contributed by atoms with Gasteiger partial charge in [-0.25, -0.2) is 0 Å². The Kier molecular flexibility index (Phi) is 4.00. The lowest BCUT2D eigenvalue weighted by Crippen LogP contribution is -2.36. The number of fused-ring (bicyclic) bond motifs is 1.